The van der Waals surface area contributed by atoms with E-state index in [1.807, 2.05) is 6.07 Å². The summed E-state index contributed by atoms with van der Waals surface area (Å²) < 4.78 is 43.4. The fourth-order valence-electron chi connectivity index (χ4n) is 2.08. The van der Waals surface area contributed by atoms with E-state index in [0.29, 0.717) is 11.3 Å². The largest absolute Gasteiger partial charge is 0.492 e. The fraction of sp³-hybridized carbons (Fsp3) is 0.235. The topological polar surface area (TPSA) is 65.3 Å². The van der Waals surface area contributed by atoms with Crippen molar-refractivity contribution < 1.29 is 23.0 Å². The molecule has 0 radical (unpaired) electrons. The van der Waals surface area contributed by atoms with Gasteiger partial charge in [-0.3, -0.25) is 0 Å². The van der Waals surface area contributed by atoms with E-state index in [4.69, 9.17) is 10.00 Å². The molecule has 24 heavy (non-hydrogen) atoms. The Labute approximate surface area is 137 Å². The molecule has 0 aliphatic heterocycles. The van der Waals surface area contributed by atoms with Crippen LogP contribution in [0.15, 0.2) is 48.5 Å². The first kappa shape index (κ1) is 17.6. The number of aliphatic hydroxyl groups excluding tert-OH is 1. The highest BCUT2D eigenvalue weighted by Crippen LogP contribution is 2.35. The van der Waals surface area contributed by atoms with Crippen LogP contribution in [0, 0.1) is 11.3 Å². The highest BCUT2D eigenvalue weighted by molar-refractivity contribution is 5.52. The zero-order valence-corrected chi connectivity index (χ0v) is 12.5. The van der Waals surface area contributed by atoms with Crippen molar-refractivity contribution in [2.24, 2.45) is 0 Å². The van der Waals surface area contributed by atoms with Crippen LogP contribution in [0.2, 0.25) is 0 Å². The highest BCUT2D eigenvalue weighted by atomic mass is 19.4. The quantitative estimate of drug-likeness (QED) is 0.791. The SMILES string of the molecule is N#Cc1cccc(OCCNc2ccccc2[C@@H](O)C(F)(F)F)c1. The molecule has 2 aromatic carbocycles. The van der Waals surface area contributed by atoms with Gasteiger partial charge >= 0.3 is 6.18 Å². The minimum absolute atomic E-state index is 0.186. The Morgan fingerprint density at radius 2 is 1.92 bits per heavy atom. The molecule has 2 N–H and O–H groups in total. The second-order valence-electron chi connectivity index (χ2n) is 4.95. The number of para-hydroxylation sites is 1. The standard InChI is InChI=1S/C17H15F3N2O2/c18-17(19,20)16(23)14-6-1-2-7-15(14)22-8-9-24-13-5-3-4-12(10-13)11-21/h1-7,10,16,22-23H,8-9H2/t16-/m1/s1. The lowest BCUT2D eigenvalue weighted by atomic mass is 10.1. The van der Waals surface area contributed by atoms with Gasteiger partial charge in [-0.2, -0.15) is 18.4 Å². The van der Waals surface area contributed by atoms with E-state index >= 15 is 0 Å². The normalized spacial score (nSPS) is 12.3. The van der Waals surface area contributed by atoms with E-state index in [2.05, 4.69) is 5.32 Å². The van der Waals surface area contributed by atoms with E-state index in [1.54, 1.807) is 30.3 Å². The van der Waals surface area contributed by atoms with Gasteiger partial charge < -0.3 is 15.2 Å². The van der Waals surface area contributed by atoms with Crippen molar-refractivity contribution in [3.05, 3.63) is 59.7 Å². The summed E-state index contributed by atoms with van der Waals surface area (Å²) in [4.78, 5) is 0. The lowest BCUT2D eigenvalue weighted by Crippen LogP contribution is -2.22. The zero-order valence-electron chi connectivity index (χ0n) is 12.5. The molecule has 0 fully saturated rings. The van der Waals surface area contributed by atoms with E-state index < -0.39 is 12.3 Å². The summed E-state index contributed by atoms with van der Waals surface area (Å²) in [6, 6.07) is 14.2. The summed E-state index contributed by atoms with van der Waals surface area (Å²) in [5.41, 5.74) is 0.410. The van der Waals surface area contributed by atoms with Crippen LogP contribution in [0.5, 0.6) is 5.75 Å². The zero-order chi connectivity index (χ0) is 17.6. The Kier molecular flexibility index (Phi) is 5.66. The molecule has 0 heterocycles. The van der Waals surface area contributed by atoms with Gasteiger partial charge in [0, 0.05) is 17.8 Å². The Hall–Kier alpha value is -2.72. The first-order valence-corrected chi connectivity index (χ1v) is 7.12. The van der Waals surface area contributed by atoms with E-state index in [-0.39, 0.29) is 24.4 Å². The molecule has 7 heteroatoms. The van der Waals surface area contributed by atoms with Crippen molar-refractivity contribution in [1.82, 2.24) is 0 Å². The average molecular weight is 336 g/mol. The maximum absolute atomic E-state index is 12.7. The summed E-state index contributed by atoms with van der Waals surface area (Å²) in [5.74, 6) is 0.500. The van der Waals surface area contributed by atoms with Crippen LogP contribution in [-0.2, 0) is 0 Å². The Morgan fingerprint density at radius 1 is 1.17 bits per heavy atom. The van der Waals surface area contributed by atoms with Gasteiger partial charge in [0.2, 0.25) is 0 Å². The third-order valence-electron chi connectivity index (χ3n) is 3.21. The molecular weight excluding hydrogens is 321 g/mol. The minimum atomic E-state index is -4.73. The van der Waals surface area contributed by atoms with Gasteiger partial charge in [-0.1, -0.05) is 24.3 Å². The highest BCUT2D eigenvalue weighted by Gasteiger charge is 2.40. The minimum Gasteiger partial charge on any atom is -0.492 e. The first-order chi connectivity index (χ1) is 11.4. The van der Waals surface area contributed by atoms with Gasteiger partial charge in [0.15, 0.2) is 6.10 Å². The number of nitrogens with one attached hydrogen (secondary N) is 1. The van der Waals surface area contributed by atoms with E-state index in [0.717, 1.165) is 0 Å². The van der Waals surface area contributed by atoms with E-state index in [9.17, 15) is 18.3 Å². The number of nitrogens with zero attached hydrogens (tertiary/aromatic N) is 1. The van der Waals surface area contributed by atoms with Crippen molar-refractivity contribution in [3.63, 3.8) is 0 Å². The lowest BCUT2D eigenvalue weighted by Gasteiger charge is -2.19. The summed E-state index contributed by atoms with van der Waals surface area (Å²) >= 11 is 0. The monoisotopic (exact) mass is 336 g/mol. The molecule has 0 aliphatic carbocycles. The van der Waals surface area contributed by atoms with Crippen molar-refractivity contribution in [1.29, 1.82) is 5.26 Å². The Balaban J connectivity index is 1.94. The van der Waals surface area contributed by atoms with Crippen molar-refractivity contribution in [2.75, 3.05) is 18.5 Å². The number of aliphatic hydroxyl groups is 1. The summed E-state index contributed by atoms with van der Waals surface area (Å²) in [6.45, 7) is 0.420. The molecule has 0 unspecified atom stereocenters. The van der Waals surface area contributed by atoms with Crippen molar-refractivity contribution >= 4 is 5.69 Å². The van der Waals surface area contributed by atoms with Crippen LogP contribution < -0.4 is 10.1 Å². The molecule has 0 amide bonds. The number of hydrogen-bond acceptors (Lipinski definition) is 4. The van der Waals surface area contributed by atoms with Crippen molar-refractivity contribution in [3.8, 4) is 11.8 Å². The van der Waals surface area contributed by atoms with Crippen LogP contribution in [0.4, 0.5) is 18.9 Å². The molecule has 0 bridgehead atoms. The molecule has 1 atom stereocenters. The van der Waals surface area contributed by atoms with Crippen LogP contribution in [0.3, 0.4) is 0 Å². The number of halogens is 3. The predicted octanol–water partition coefficient (Wildman–Crippen LogP) is 3.64. The van der Waals surface area contributed by atoms with Gasteiger partial charge in [-0.25, -0.2) is 0 Å². The molecule has 2 rings (SSSR count). The van der Waals surface area contributed by atoms with Crippen LogP contribution in [0.25, 0.3) is 0 Å². The molecule has 0 aromatic heterocycles. The molecule has 0 saturated heterocycles. The molecule has 2 aromatic rings. The van der Waals surface area contributed by atoms with Gasteiger partial charge in [-0.05, 0) is 24.3 Å². The number of nitriles is 1. The van der Waals surface area contributed by atoms with Crippen LogP contribution >= 0.6 is 0 Å². The second-order valence-corrected chi connectivity index (χ2v) is 4.95. The third kappa shape index (κ3) is 4.64. The summed E-state index contributed by atoms with van der Waals surface area (Å²) in [7, 11) is 0. The summed E-state index contributed by atoms with van der Waals surface area (Å²) in [6.07, 6.45) is -7.28. The number of anilines is 1. The molecular formula is C17H15F3N2O2. The number of hydrogen-bond donors (Lipinski definition) is 2. The maximum Gasteiger partial charge on any atom is 0.418 e. The van der Waals surface area contributed by atoms with E-state index in [1.165, 1.54) is 18.2 Å². The molecule has 126 valence electrons. The Morgan fingerprint density at radius 3 is 2.62 bits per heavy atom. The molecule has 4 nitrogen and oxygen atoms in total. The number of alkyl halides is 3. The predicted molar refractivity (Wildman–Crippen MR) is 82.6 cm³/mol. The number of rotatable bonds is 6. The molecule has 0 aliphatic rings. The summed E-state index contributed by atoms with van der Waals surface area (Å²) in [5, 5.41) is 21.0. The fourth-order valence-corrected chi connectivity index (χ4v) is 2.08. The molecule has 0 spiro atoms. The van der Waals surface area contributed by atoms with Crippen LogP contribution in [0.1, 0.15) is 17.2 Å². The first-order valence-electron chi connectivity index (χ1n) is 7.12. The maximum atomic E-state index is 12.7. The second kappa shape index (κ2) is 7.70. The number of benzene rings is 2. The average Bonchev–Trinajstić information content (AvgIpc) is 2.58. The van der Waals surface area contributed by atoms with Gasteiger partial charge in [-0.15, -0.1) is 0 Å². The Bertz CT molecular complexity index is 726. The van der Waals surface area contributed by atoms with Gasteiger partial charge in [0.05, 0.1) is 11.6 Å². The third-order valence-corrected chi connectivity index (χ3v) is 3.21. The van der Waals surface area contributed by atoms with Gasteiger partial charge in [0.1, 0.15) is 12.4 Å². The smallest absolute Gasteiger partial charge is 0.418 e. The van der Waals surface area contributed by atoms with Crippen LogP contribution in [-0.4, -0.2) is 24.4 Å². The van der Waals surface area contributed by atoms with Gasteiger partial charge in [0.25, 0.3) is 0 Å². The molecule has 0 saturated carbocycles. The lowest BCUT2D eigenvalue weighted by molar-refractivity contribution is -0.206. The van der Waals surface area contributed by atoms with Crippen molar-refractivity contribution in [2.45, 2.75) is 12.3 Å². The number of ether oxygens (including phenoxy) is 1.